The van der Waals surface area contributed by atoms with Gasteiger partial charge in [0.15, 0.2) is 5.78 Å². The summed E-state index contributed by atoms with van der Waals surface area (Å²) in [5.74, 6) is -0.236. The number of anilines is 1. The van der Waals surface area contributed by atoms with Crippen molar-refractivity contribution in [1.29, 1.82) is 0 Å². The van der Waals surface area contributed by atoms with Crippen LogP contribution in [0, 0.1) is 0 Å². The zero-order chi connectivity index (χ0) is 15.2. The molecule has 20 heavy (non-hydrogen) atoms. The third-order valence-corrected chi connectivity index (χ3v) is 4.67. The number of Topliss-reactive ketones (excluding diaryl/α,β-unsaturated/α-hetero) is 1. The van der Waals surface area contributed by atoms with E-state index < -0.39 is 7.60 Å². The van der Waals surface area contributed by atoms with Crippen molar-refractivity contribution in [2.45, 2.75) is 13.8 Å². The van der Waals surface area contributed by atoms with Crippen LogP contribution in [0.1, 0.15) is 24.2 Å². The van der Waals surface area contributed by atoms with Crippen molar-refractivity contribution in [3.05, 3.63) is 29.8 Å². The molecule has 0 aliphatic rings. The van der Waals surface area contributed by atoms with E-state index >= 15 is 0 Å². The molecule has 0 aromatic heterocycles. The molecule has 0 fully saturated rings. The average Bonchev–Trinajstić information content (AvgIpc) is 2.39. The number of carbonyl (C=O) groups excluding carboxylic acids is 1. The number of benzene rings is 1. The first kappa shape index (κ1) is 16.9. The van der Waals surface area contributed by atoms with Gasteiger partial charge in [0.2, 0.25) is 0 Å². The molecule has 0 unspecified atom stereocenters. The van der Waals surface area contributed by atoms with Crippen LogP contribution < -0.4 is 4.90 Å². The van der Waals surface area contributed by atoms with Gasteiger partial charge in [-0.2, -0.15) is 0 Å². The van der Waals surface area contributed by atoms with Crippen LogP contribution in [-0.2, 0) is 13.6 Å². The minimum atomic E-state index is -3.33. The third kappa shape index (κ3) is 4.75. The second-order valence-corrected chi connectivity index (χ2v) is 6.52. The zero-order valence-corrected chi connectivity index (χ0v) is 13.4. The second kappa shape index (κ2) is 7.58. The van der Waals surface area contributed by atoms with E-state index in [1.807, 2.05) is 31.1 Å². The van der Waals surface area contributed by atoms with Gasteiger partial charge in [0, 0.05) is 25.3 Å². The fourth-order valence-electron chi connectivity index (χ4n) is 1.73. The molecule has 0 aliphatic carbocycles. The number of hydrogen-bond acceptors (Lipinski definition) is 5. The van der Waals surface area contributed by atoms with E-state index in [0.717, 1.165) is 5.69 Å². The predicted molar refractivity (Wildman–Crippen MR) is 80.8 cm³/mol. The fraction of sp³-hybridized carbons (Fsp3) is 0.500. The summed E-state index contributed by atoms with van der Waals surface area (Å²) in [6, 6.07) is 7.14. The Kier molecular flexibility index (Phi) is 6.40. The Morgan fingerprint density at radius 2 is 1.60 bits per heavy atom. The quantitative estimate of drug-likeness (QED) is 0.545. The van der Waals surface area contributed by atoms with Crippen molar-refractivity contribution in [2.75, 3.05) is 38.4 Å². The van der Waals surface area contributed by atoms with Crippen LogP contribution in [0.25, 0.3) is 0 Å². The van der Waals surface area contributed by atoms with Gasteiger partial charge >= 0.3 is 7.60 Å². The van der Waals surface area contributed by atoms with Gasteiger partial charge in [-0.05, 0) is 38.1 Å². The summed E-state index contributed by atoms with van der Waals surface area (Å²) >= 11 is 0. The molecule has 0 spiro atoms. The highest BCUT2D eigenvalue weighted by atomic mass is 31.2. The first-order valence-corrected chi connectivity index (χ1v) is 8.33. The van der Waals surface area contributed by atoms with E-state index in [9.17, 15) is 9.36 Å². The third-order valence-electron chi connectivity index (χ3n) is 2.69. The van der Waals surface area contributed by atoms with Crippen LogP contribution in [-0.4, -0.2) is 39.3 Å². The molecule has 0 bridgehead atoms. The smallest absolute Gasteiger partial charge is 0.338 e. The number of hydrogen-bond donors (Lipinski definition) is 0. The van der Waals surface area contributed by atoms with Gasteiger partial charge in [-0.3, -0.25) is 9.36 Å². The Bertz CT molecular complexity index is 474. The van der Waals surface area contributed by atoms with E-state index in [-0.39, 0.29) is 25.2 Å². The molecule has 0 heterocycles. The fourth-order valence-corrected chi connectivity index (χ4v) is 3.31. The van der Waals surface area contributed by atoms with Crippen molar-refractivity contribution in [3.8, 4) is 0 Å². The van der Waals surface area contributed by atoms with Crippen LogP contribution in [0.15, 0.2) is 24.3 Å². The molecule has 0 amide bonds. The topological polar surface area (TPSA) is 55.8 Å². The molecule has 1 aromatic carbocycles. The lowest BCUT2D eigenvalue weighted by Crippen LogP contribution is -2.11. The lowest BCUT2D eigenvalue weighted by molar-refractivity contribution is 0.100. The maximum Gasteiger partial charge on any atom is 0.338 e. The molecular formula is C14H22NO4P. The highest BCUT2D eigenvalue weighted by Crippen LogP contribution is 2.48. The van der Waals surface area contributed by atoms with Crippen molar-refractivity contribution < 1.29 is 18.4 Å². The summed E-state index contributed by atoms with van der Waals surface area (Å²) < 4.78 is 22.6. The molecule has 1 rings (SSSR count). The maximum absolute atomic E-state index is 12.3. The molecule has 6 heteroatoms. The summed E-state index contributed by atoms with van der Waals surface area (Å²) in [7, 11) is 0.520. The van der Waals surface area contributed by atoms with Gasteiger partial charge in [0.05, 0.1) is 13.2 Å². The van der Waals surface area contributed by atoms with E-state index in [2.05, 4.69) is 0 Å². The molecule has 0 radical (unpaired) electrons. The SMILES string of the molecule is CCOP(=O)(CC(=O)c1ccc(N(C)C)cc1)OCC. The van der Waals surface area contributed by atoms with Gasteiger partial charge in [-0.15, -0.1) is 0 Å². The molecule has 1 aromatic rings. The van der Waals surface area contributed by atoms with Crippen LogP contribution in [0.5, 0.6) is 0 Å². The normalized spacial score (nSPS) is 11.4. The summed E-state index contributed by atoms with van der Waals surface area (Å²) in [6.45, 7) is 3.96. The van der Waals surface area contributed by atoms with Gasteiger partial charge < -0.3 is 13.9 Å². The Hall–Kier alpha value is -1.16. The molecule has 0 aliphatic heterocycles. The number of carbonyl (C=O) groups is 1. The summed E-state index contributed by atoms with van der Waals surface area (Å²) in [5, 5.41) is 0. The Labute approximate surface area is 120 Å². The summed E-state index contributed by atoms with van der Waals surface area (Å²) in [4.78, 5) is 14.1. The second-order valence-electron chi connectivity index (χ2n) is 4.47. The standard InChI is InChI=1S/C14H22NO4P/c1-5-18-20(17,19-6-2)11-14(16)12-7-9-13(10-8-12)15(3)4/h7-10H,5-6,11H2,1-4H3. The number of ketones is 1. The Balaban J connectivity index is 2.81. The summed E-state index contributed by atoms with van der Waals surface area (Å²) in [5.41, 5.74) is 1.51. The minimum Gasteiger partial charge on any atom is -0.378 e. The van der Waals surface area contributed by atoms with Gasteiger partial charge in [-0.25, -0.2) is 0 Å². The Morgan fingerprint density at radius 3 is 2.00 bits per heavy atom. The maximum atomic E-state index is 12.3. The predicted octanol–water partition coefficient (Wildman–Crippen LogP) is 3.20. The largest absolute Gasteiger partial charge is 0.378 e. The van der Waals surface area contributed by atoms with Crippen LogP contribution in [0.3, 0.4) is 0 Å². The van der Waals surface area contributed by atoms with Crippen LogP contribution in [0.2, 0.25) is 0 Å². The minimum absolute atomic E-state index is 0.226. The van der Waals surface area contributed by atoms with Crippen LogP contribution >= 0.6 is 7.60 Å². The molecular weight excluding hydrogens is 277 g/mol. The van der Waals surface area contributed by atoms with Crippen molar-refractivity contribution >= 4 is 19.1 Å². The number of nitrogens with zero attached hydrogens (tertiary/aromatic N) is 1. The van der Waals surface area contributed by atoms with E-state index in [4.69, 9.17) is 9.05 Å². The lowest BCUT2D eigenvalue weighted by Gasteiger charge is -2.16. The Morgan fingerprint density at radius 1 is 1.10 bits per heavy atom. The average molecular weight is 299 g/mol. The highest BCUT2D eigenvalue weighted by molar-refractivity contribution is 7.54. The molecule has 0 saturated heterocycles. The van der Waals surface area contributed by atoms with Crippen molar-refractivity contribution in [3.63, 3.8) is 0 Å². The van der Waals surface area contributed by atoms with E-state index in [0.29, 0.717) is 5.56 Å². The lowest BCUT2D eigenvalue weighted by atomic mass is 10.1. The van der Waals surface area contributed by atoms with E-state index in [1.54, 1.807) is 26.0 Å². The molecule has 5 nitrogen and oxygen atoms in total. The van der Waals surface area contributed by atoms with Gasteiger partial charge in [0.25, 0.3) is 0 Å². The summed E-state index contributed by atoms with van der Waals surface area (Å²) in [6.07, 6.45) is -0.226. The van der Waals surface area contributed by atoms with Gasteiger partial charge in [0.1, 0.15) is 6.16 Å². The monoisotopic (exact) mass is 299 g/mol. The zero-order valence-electron chi connectivity index (χ0n) is 12.5. The number of rotatable bonds is 8. The molecule has 0 N–H and O–H groups in total. The molecule has 112 valence electrons. The van der Waals surface area contributed by atoms with Gasteiger partial charge in [-0.1, -0.05) is 0 Å². The first-order chi connectivity index (χ1) is 9.41. The van der Waals surface area contributed by atoms with Crippen molar-refractivity contribution in [2.24, 2.45) is 0 Å². The highest BCUT2D eigenvalue weighted by Gasteiger charge is 2.28. The van der Waals surface area contributed by atoms with E-state index in [1.165, 1.54) is 0 Å². The van der Waals surface area contributed by atoms with Crippen LogP contribution in [0.4, 0.5) is 5.69 Å². The van der Waals surface area contributed by atoms with Crippen molar-refractivity contribution in [1.82, 2.24) is 0 Å². The molecule has 0 saturated carbocycles. The first-order valence-electron chi connectivity index (χ1n) is 6.60. The molecule has 0 atom stereocenters.